The average molecular weight is 238 g/mol. The van der Waals surface area contributed by atoms with Gasteiger partial charge in [-0.3, -0.25) is 0 Å². The predicted molar refractivity (Wildman–Crippen MR) is 68.8 cm³/mol. The van der Waals surface area contributed by atoms with Crippen molar-refractivity contribution in [3.63, 3.8) is 0 Å². The molecule has 2 N–H and O–H groups in total. The molecule has 2 amide bonds. The molecule has 0 radical (unpaired) electrons. The van der Waals surface area contributed by atoms with E-state index in [2.05, 4.69) is 18.5 Å². The van der Waals surface area contributed by atoms with E-state index in [4.69, 9.17) is 0 Å². The minimum absolute atomic E-state index is 0.0776. The minimum atomic E-state index is -0.194. The van der Waals surface area contributed by atoms with Gasteiger partial charge >= 0.3 is 6.03 Å². The van der Waals surface area contributed by atoms with Crippen molar-refractivity contribution >= 4 is 6.03 Å². The molecule has 0 saturated heterocycles. The fraction of sp³-hybridized carbons (Fsp3) is 0.615. The summed E-state index contributed by atoms with van der Waals surface area (Å²) in [6.07, 6.45) is 6.45. The van der Waals surface area contributed by atoms with Crippen molar-refractivity contribution in [2.24, 2.45) is 0 Å². The highest BCUT2D eigenvalue weighted by atomic mass is 16.3. The third-order valence-electron chi connectivity index (χ3n) is 3.01. The lowest BCUT2D eigenvalue weighted by Gasteiger charge is -2.29. The molecule has 1 aliphatic rings. The van der Waals surface area contributed by atoms with E-state index in [1.54, 1.807) is 17.1 Å². The summed E-state index contributed by atoms with van der Waals surface area (Å²) in [5.74, 6) is 0. The van der Waals surface area contributed by atoms with E-state index >= 15 is 0 Å². The van der Waals surface area contributed by atoms with Gasteiger partial charge in [-0.05, 0) is 25.7 Å². The largest absolute Gasteiger partial charge is 0.393 e. The summed E-state index contributed by atoms with van der Waals surface area (Å²) in [7, 11) is 0. The van der Waals surface area contributed by atoms with E-state index in [0.717, 1.165) is 25.7 Å². The third kappa shape index (κ3) is 4.61. The van der Waals surface area contributed by atoms with E-state index in [1.165, 1.54) is 0 Å². The third-order valence-corrected chi connectivity index (χ3v) is 3.01. The van der Waals surface area contributed by atoms with E-state index in [9.17, 15) is 9.90 Å². The van der Waals surface area contributed by atoms with Crippen molar-refractivity contribution in [3.8, 4) is 0 Å². The van der Waals surface area contributed by atoms with Crippen LogP contribution in [-0.2, 0) is 0 Å². The molecule has 0 bridgehead atoms. The van der Waals surface area contributed by atoms with Gasteiger partial charge in [-0.2, -0.15) is 0 Å². The van der Waals surface area contributed by atoms with Gasteiger partial charge in [0.05, 0.1) is 6.10 Å². The van der Waals surface area contributed by atoms with Crippen LogP contribution in [0.2, 0.25) is 0 Å². The summed E-state index contributed by atoms with van der Waals surface area (Å²) in [6.45, 7) is 8.31. The first-order chi connectivity index (χ1) is 8.17. The van der Waals surface area contributed by atoms with Crippen LogP contribution in [0.5, 0.6) is 0 Å². The molecule has 1 aliphatic carbocycles. The summed E-state index contributed by atoms with van der Waals surface area (Å²) in [5, 5.41) is 12.4. The van der Waals surface area contributed by atoms with Crippen molar-refractivity contribution in [2.75, 3.05) is 13.1 Å². The van der Waals surface area contributed by atoms with Crippen LogP contribution >= 0.6 is 0 Å². The summed E-state index contributed by atoms with van der Waals surface area (Å²) in [4.78, 5) is 13.6. The van der Waals surface area contributed by atoms with Gasteiger partial charge in [0.2, 0.25) is 0 Å². The van der Waals surface area contributed by atoms with Gasteiger partial charge in [-0.1, -0.05) is 12.2 Å². The second-order valence-electron chi connectivity index (χ2n) is 4.44. The molecule has 0 aromatic heterocycles. The molecule has 0 aromatic carbocycles. The van der Waals surface area contributed by atoms with Gasteiger partial charge in [0.1, 0.15) is 0 Å². The maximum atomic E-state index is 11.9. The number of aliphatic hydroxyl groups excluding tert-OH is 1. The van der Waals surface area contributed by atoms with Gasteiger partial charge < -0.3 is 15.3 Å². The van der Waals surface area contributed by atoms with E-state index < -0.39 is 0 Å². The molecule has 4 nitrogen and oxygen atoms in total. The monoisotopic (exact) mass is 238 g/mol. The molecular formula is C13H22N2O2. The highest BCUT2D eigenvalue weighted by molar-refractivity contribution is 5.74. The predicted octanol–water partition coefficient (Wildman–Crippen LogP) is 1.67. The normalized spacial score (nSPS) is 23.8. The van der Waals surface area contributed by atoms with Crippen molar-refractivity contribution < 1.29 is 9.90 Å². The van der Waals surface area contributed by atoms with Crippen LogP contribution in [0.15, 0.2) is 25.3 Å². The Morgan fingerprint density at radius 2 is 1.76 bits per heavy atom. The summed E-state index contributed by atoms with van der Waals surface area (Å²) >= 11 is 0. The zero-order chi connectivity index (χ0) is 12.7. The first-order valence-corrected chi connectivity index (χ1v) is 6.12. The molecule has 17 heavy (non-hydrogen) atoms. The Bertz CT molecular complexity index is 261. The number of carbonyl (C=O) groups excluding carboxylic acids is 1. The number of aliphatic hydroxyl groups is 1. The first kappa shape index (κ1) is 13.8. The van der Waals surface area contributed by atoms with Gasteiger partial charge in [0, 0.05) is 19.1 Å². The van der Waals surface area contributed by atoms with Crippen LogP contribution in [0.4, 0.5) is 4.79 Å². The maximum Gasteiger partial charge on any atom is 0.318 e. The van der Waals surface area contributed by atoms with Crippen LogP contribution in [0.3, 0.4) is 0 Å². The lowest BCUT2D eigenvalue weighted by Crippen LogP contribution is -2.46. The Balaban J connectivity index is 2.40. The van der Waals surface area contributed by atoms with Gasteiger partial charge in [0.25, 0.3) is 0 Å². The molecular weight excluding hydrogens is 216 g/mol. The fourth-order valence-corrected chi connectivity index (χ4v) is 2.04. The zero-order valence-electron chi connectivity index (χ0n) is 10.3. The molecule has 0 aliphatic heterocycles. The lowest BCUT2D eigenvalue weighted by atomic mass is 9.93. The van der Waals surface area contributed by atoms with Crippen molar-refractivity contribution in [1.29, 1.82) is 0 Å². The molecule has 1 saturated carbocycles. The highest BCUT2D eigenvalue weighted by Gasteiger charge is 2.22. The van der Waals surface area contributed by atoms with Crippen LogP contribution in [-0.4, -0.2) is 41.3 Å². The minimum Gasteiger partial charge on any atom is -0.393 e. The second kappa shape index (κ2) is 7.12. The Hall–Kier alpha value is -1.29. The molecule has 1 rings (SSSR count). The fourth-order valence-electron chi connectivity index (χ4n) is 2.04. The number of amides is 2. The van der Waals surface area contributed by atoms with Crippen LogP contribution < -0.4 is 5.32 Å². The van der Waals surface area contributed by atoms with E-state index in [1.807, 2.05) is 0 Å². The van der Waals surface area contributed by atoms with E-state index in [0.29, 0.717) is 13.1 Å². The molecule has 0 spiro atoms. The smallest absolute Gasteiger partial charge is 0.318 e. The number of hydrogen-bond donors (Lipinski definition) is 2. The number of rotatable bonds is 5. The maximum absolute atomic E-state index is 11.9. The summed E-state index contributed by atoms with van der Waals surface area (Å²) in [6, 6.07) is 0.106. The lowest BCUT2D eigenvalue weighted by molar-refractivity contribution is 0.116. The number of hydrogen-bond acceptors (Lipinski definition) is 2. The van der Waals surface area contributed by atoms with Gasteiger partial charge in [-0.15, -0.1) is 13.2 Å². The van der Waals surface area contributed by atoms with Gasteiger partial charge in [-0.25, -0.2) is 4.79 Å². The average Bonchev–Trinajstić information content (AvgIpc) is 2.32. The van der Waals surface area contributed by atoms with Crippen molar-refractivity contribution in [1.82, 2.24) is 10.2 Å². The summed E-state index contributed by atoms with van der Waals surface area (Å²) in [5.41, 5.74) is 0. The Labute approximate surface area is 103 Å². The Kier molecular flexibility index (Phi) is 5.77. The second-order valence-corrected chi connectivity index (χ2v) is 4.44. The SMILES string of the molecule is C=CCN(CC=C)C(=O)NC1CCC(O)CC1. The van der Waals surface area contributed by atoms with Crippen LogP contribution in [0.25, 0.3) is 0 Å². The zero-order valence-corrected chi connectivity index (χ0v) is 10.3. The quantitative estimate of drug-likeness (QED) is 0.716. The number of nitrogens with zero attached hydrogens (tertiary/aromatic N) is 1. The Morgan fingerprint density at radius 3 is 2.24 bits per heavy atom. The Morgan fingerprint density at radius 1 is 1.24 bits per heavy atom. The summed E-state index contributed by atoms with van der Waals surface area (Å²) < 4.78 is 0. The van der Waals surface area contributed by atoms with Crippen molar-refractivity contribution in [3.05, 3.63) is 25.3 Å². The molecule has 0 heterocycles. The standard InChI is InChI=1S/C13H22N2O2/c1-3-9-15(10-4-2)13(17)14-11-5-7-12(16)8-6-11/h3-4,11-12,16H,1-2,5-10H2,(H,14,17). The number of urea groups is 1. The van der Waals surface area contributed by atoms with Crippen LogP contribution in [0.1, 0.15) is 25.7 Å². The molecule has 96 valence electrons. The number of nitrogens with one attached hydrogen (secondary N) is 1. The first-order valence-electron chi connectivity index (χ1n) is 6.12. The molecule has 1 fully saturated rings. The highest BCUT2D eigenvalue weighted by Crippen LogP contribution is 2.18. The molecule has 0 aromatic rings. The van der Waals surface area contributed by atoms with Crippen molar-refractivity contribution in [2.45, 2.75) is 37.8 Å². The topological polar surface area (TPSA) is 52.6 Å². The van der Waals surface area contributed by atoms with Crippen LogP contribution in [0, 0.1) is 0 Å². The molecule has 0 unspecified atom stereocenters. The van der Waals surface area contributed by atoms with Gasteiger partial charge in [0.15, 0.2) is 0 Å². The molecule has 4 heteroatoms. The molecule has 0 atom stereocenters. The number of carbonyl (C=O) groups is 1. The van der Waals surface area contributed by atoms with E-state index in [-0.39, 0.29) is 18.2 Å².